The Morgan fingerprint density at radius 1 is 1.04 bits per heavy atom. The number of benzene rings is 2. The van der Waals surface area contributed by atoms with Gasteiger partial charge in [-0.2, -0.15) is 0 Å². The van der Waals surface area contributed by atoms with Crippen molar-refractivity contribution in [2.24, 2.45) is 0 Å². The summed E-state index contributed by atoms with van der Waals surface area (Å²) in [5.41, 5.74) is 1.73. The van der Waals surface area contributed by atoms with E-state index in [1.807, 2.05) is 13.8 Å². The van der Waals surface area contributed by atoms with E-state index in [1.165, 1.54) is 0 Å². The van der Waals surface area contributed by atoms with Gasteiger partial charge >= 0.3 is 0 Å². The third-order valence-corrected chi connectivity index (χ3v) is 4.94. The van der Waals surface area contributed by atoms with Gasteiger partial charge in [0.15, 0.2) is 5.78 Å². The number of ketones is 1. The van der Waals surface area contributed by atoms with Crippen molar-refractivity contribution in [1.82, 2.24) is 0 Å². The fraction of sp³-hybridized carbons (Fsp3) is 0.278. The Hall–Kier alpha value is -2.14. The molecule has 5 heteroatoms. The molecule has 0 aromatic heterocycles. The fourth-order valence-corrected chi connectivity index (χ4v) is 3.29. The zero-order valence-electron chi connectivity index (χ0n) is 13.4. The molecule has 0 amide bonds. The van der Waals surface area contributed by atoms with Crippen LogP contribution in [0.2, 0.25) is 0 Å². The highest BCUT2D eigenvalue weighted by molar-refractivity contribution is 7.92. The molecule has 1 N–H and O–H groups in total. The Balaban J connectivity index is 2.29. The number of nitrogens with one attached hydrogen (secondary N) is 1. The number of unbranched alkanes of at least 4 members (excludes halogenated alkanes) is 1. The van der Waals surface area contributed by atoms with Gasteiger partial charge in [-0.1, -0.05) is 43.2 Å². The van der Waals surface area contributed by atoms with Crippen LogP contribution in [0.4, 0.5) is 5.69 Å². The van der Waals surface area contributed by atoms with Gasteiger partial charge in [-0.05, 0) is 37.6 Å². The predicted molar refractivity (Wildman–Crippen MR) is 92.3 cm³/mol. The predicted octanol–water partition coefficient (Wildman–Crippen LogP) is 4.17. The van der Waals surface area contributed by atoms with Crippen LogP contribution in [0.25, 0.3) is 0 Å². The van der Waals surface area contributed by atoms with Gasteiger partial charge in [0, 0.05) is 12.0 Å². The highest BCUT2D eigenvalue weighted by atomic mass is 32.2. The first-order valence-electron chi connectivity index (χ1n) is 7.66. The lowest BCUT2D eigenvalue weighted by Crippen LogP contribution is -2.15. The summed E-state index contributed by atoms with van der Waals surface area (Å²) in [7, 11) is -3.71. The summed E-state index contributed by atoms with van der Waals surface area (Å²) in [6.07, 6.45) is 2.13. The van der Waals surface area contributed by atoms with Gasteiger partial charge in [0.1, 0.15) is 0 Å². The Morgan fingerprint density at radius 3 is 2.35 bits per heavy atom. The molecule has 0 saturated heterocycles. The second-order valence-electron chi connectivity index (χ2n) is 5.49. The van der Waals surface area contributed by atoms with Crippen LogP contribution in [-0.2, 0) is 10.0 Å². The van der Waals surface area contributed by atoms with E-state index in [-0.39, 0.29) is 10.7 Å². The molecule has 0 aliphatic rings. The second kappa shape index (κ2) is 7.42. The molecule has 0 aliphatic carbocycles. The normalized spacial score (nSPS) is 11.2. The molecular formula is C18H21NO3S. The summed E-state index contributed by atoms with van der Waals surface area (Å²) in [5, 5.41) is 0. The van der Waals surface area contributed by atoms with E-state index in [9.17, 15) is 13.2 Å². The van der Waals surface area contributed by atoms with Crippen LogP contribution in [0.15, 0.2) is 53.4 Å². The third kappa shape index (κ3) is 4.42. The van der Waals surface area contributed by atoms with E-state index in [4.69, 9.17) is 0 Å². The van der Waals surface area contributed by atoms with Crippen LogP contribution in [0.1, 0.15) is 42.1 Å². The van der Waals surface area contributed by atoms with E-state index in [0.717, 1.165) is 18.4 Å². The van der Waals surface area contributed by atoms with Gasteiger partial charge in [0.2, 0.25) is 0 Å². The SMILES string of the molecule is CCCCC(=O)c1ccccc1NS(=O)(=O)c1ccc(C)cc1. The summed E-state index contributed by atoms with van der Waals surface area (Å²) < 4.78 is 27.5. The van der Waals surface area contributed by atoms with Crippen LogP contribution < -0.4 is 4.72 Å². The van der Waals surface area contributed by atoms with Gasteiger partial charge in [-0.15, -0.1) is 0 Å². The average molecular weight is 331 g/mol. The number of anilines is 1. The number of Topliss-reactive ketones (excluding diaryl/α,β-unsaturated/α-hetero) is 1. The van der Waals surface area contributed by atoms with E-state index in [0.29, 0.717) is 17.7 Å². The topological polar surface area (TPSA) is 63.2 Å². The van der Waals surface area contributed by atoms with Crippen molar-refractivity contribution in [1.29, 1.82) is 0 Å². The van der Waals surface area contributed by atoms with Crippen molar-refractivity contribution in [3.8, 4) is 0 Å². The smallest absolute Gasteiger partial charge is 0.261 e. The molecule has 2 rings (SSSR count). The number of rotatable bonds is 7. The Labute approximate surface area is 137 Å². The molecular weight excluding hydrogens is 310 g/mol. The molecule has 2 aromatic rings. The molecule has 0 heterocycles. The van der Waals surface area contributed by atoms with Crippen molar-refractivity contribution in [2.45, 2.75) is 38.0 Å². The lowest BCUT2D eigenvalue weighted by molar-refractivity contribution is 0.0980. The molecule has 0 aliphatic heterocycles. The minimum Gasteiger partial charge on any atom is -0.294 e. The number of carbonyl (C=O) groups excluding carboxylic acids is 1. The number of para-hydroxylation sites is 1. The number of hydrogen-bond donors (Lipinski definition) is 1. The first kappa shape index (κ1) is 17.2. The molecule has 0 radical (unpaired) electrons. The van der Waals surface area contributed by atoms with Crippen molar-refractivity contribution in [2.75, 3.05) is 4.72 Å². The largest absolute Gasteiger partial charge is 0.294 e. The summed E-state index contributed by atoms with van der Waals surface area (Å²) >= 11 is 0. The van der Waals surface area contributed by atoms with Gasteiger partial charge in [-0.3, -0.25) is 9.52 Å². The van der Waals surface area contributed by atoms with Gasteiger partial charge in [0.05, 0.1) is 10.6 Å². The third-order valence-electron chi connectivity index (χ3n) is 3.56. The monoisotopic (exact) mass is 331 g/mol. The maximum Gasteiger partial charge on any atom is 0.261 e. The number of carbonyl (C=O) groups is 1. The van der Waals surface area contributed by atoms with E-state index in [2.05, 4.69) is 4.72 Å². The average Bonchev–Trinajstić information content (AvgIpc) is 2.53. The van der Waals surface area contributed by atoms with Gasteiger partial charge in [0.25, 0.3) is 10.0 Å². The standard InChI is InChI=1S/C18H21NO3S/c1-3-4-9-18(20)16-7-5-6-8-17(16)19-23(21,22)15-12-10-14(2)11-13-15/h5-8,10-13,19H,3-4,9H2,1-2H3. The highest BCUT2D eigenvalue weighted by Gasteiger charge is 2.18. The van der Waals surface area contributed by atoms with Crippen molar-refractivity contribution >= 4 is 21.5 Å². The van der Waals surface area contributed by atoms with Crippen molar-refractivity contribution in [3.63, 3.8) is 0 Å². The lowest BCUT2D eigenvalue weighted by Gasteiger charge is -2.12. The van der Waals surface area contributed by atoms with E-state index in [1.54, 1.807) is 48.5 Å². The first-order chi connectivity index (χ1) is 10.9. The van der Waals surface area contributed by atoms with Gasteiger partial charge < -0.3 is 0 Å². The molecule has 0 bridgehead atoms. The van der Waals surface area contributed by atoms with Crippen LogP contribution in [0.3, 0.4) is 0 Å². The van der Waals surface area contributed by atoms with Crippen LogP contribution >= 0.6 is 0 Å². The molecule has 0 unspecified atom stereocenters. The zero-order chi connectivity index (χ0) is 16.9. The maximum absolute atomic E-state index is 12.5. The van der Waals surface area contributed by atoms with E-state index < -0.39 is 10.0 Å². The molecule has 0 saturated carbocycles. The van der Waals surface area contributed by atoms with Crippen LogP contribution in [0.5, 0.6) is 0 Å². The Morgan fingerprint density at radius 2 is 1.70 bits per heavy atom. The molecule has 4 nitrogen and oxygen atoms in total. The Kier molecular flexibility index (Phi) is 5.55. The van der Waals surface area contributed by atoms with E-state index >= 15 is 0 Å². The fourth-order valence-electron chi connectivity index (χ4n) is 2.21. The lowest BCUT2D eigenvalue weighted by atomic mass is 10.0. The first-order valence-corrected chi connectivity index (χ1v) is 9.14. The zero-order valence-corrected chi connectivity index (χ0v) is 14.2. The van der Waals surface area contributed by atoms with Gasteiger partial charge in [-0.25, -0.2) is 8.42 Å². The van der Waals surface area contributed by atoms with Crippen LogP contribution in [-0.4, -0.2) is 14.2 Å². The quantitative estimate of drug-likeness (QED) is 0.775. The van der Waals surface area contributed by atoms with Crippen molar-refractivity contribution < 1.29 is 13.2 Å². The number of sulfonamides is 1. The second-order valence-corrected chi connectivity index (χ2v) is 7.17. The summed E-state index contributed by atoms with van der Waals surface area (Å²) in [4.78, 5) is 12.4. The highest BCUT2D eigenvalue weighted by Crippen LogP contribution is 2.22. The molecule has 2 aromatic carbocycles. The van der Waals surface area contributed by atoms with Crippen molar-refractivity contribution in [3.05, 3.63) is 59.7 Å². The van der Waals surface area contributed by atoms with Crippen LogP contribution in [0, 0.1) is 6.92 Å². The minimum absolute atomic E-state index is 0.0472. The summed E-state index contributed by atoms with van der Waals surface area (Å²) in [5.74, 6) is -0.0472. The molecule has 0 atom stereocenters. The minimum atomic E-state index is -3.71. The molecule has 122 valence electrons. The summed E-state index contributed by atoms with van der Waals surface area (Å²) in [6, 6.07) is 13.3. The Bertz CT molecular complexity index is 780. The number of hydrogen-bond acceptors (Lipinski definition) is 3. The summed E-state index contributed by atoms with van der Waals surface area (Å²) in [6.45, 7) is 3.91. The molecule has 23 heavy (non-hydrogen) atoms. The number of aryl methyl sites for hydroxylation is 1. The molecule has 0 fully saturated rings. The molecule has 0 spiro atoms. The maximum atomic E-state index is 12.5.